The van der Waals surface area contributed by atoms with Gasteiger partial charge in [0.2, 0.25) is 0 Å². The Hall–Kier alpha value is -1.01. The smallest absolute Gasteiger partial charge is 0.185 e. The molecule has 1 N–H and O–H groups in total. The van der Waals surface area contributed by atoms with Crippen LogP contribution in [0.5, 0.6) is 0 Å². The predicted octanol–water partition coefficient (Wildman–Crippen LogP) is 1.73. The van der Waals surface area contributed by atoms with E-state index in [-0.39, 0.29) is 6.04 Å². The van der Waals surface area contributed by atoms with E-state index in [0.29, 0.717) is 6.07 Å². The Kier molecular flexibility index (Phi) is 4.21. The minimum Gasteiger partial charge on any atom is -0.316 e. The van der Waals surface area contributed by atoms with Crippen molar-refractivity contribution in [3.63, 3.8) is 0 Å². The molecule has 1 aromatic carbocycles. The predicted molar refractivity (Wildman–Crippen MR) is 61.5 cm³/mol. The van der Waals surface area contributed by atoms with E-state index in [0.717, 1.165) is 12.1 Å². The van der Waals surface area contributed by atoms with Gasteiger partial charge >= 0.3 is 0 Å². The SMILES string of the molecule is CNC(C)C(C)S(=O)(=O)c1cc(F)ccc1F. The summed E-state index contributed by atoms with van der Waals surface area (Å²) in [6.07, 6.45) is 0. The summed E-state index contributed by atoms with van der Waals surface area (Å²) in [5, 5.41) is 1.94. The molecule has 0 fully saturated rings. The summed E-state index contributed by atoms with van der Waals surface area (Å²) < 4.78 is 50.5. The van der Waals surface area contributed by atoms with Crippen molar-refractivity contribution in [2.45, 2.75) is 30.0 Å². The first-order valence-corrected chi connectivity index (χ1v) is 6.71. The zero-order valence-electron chi connectivity index (χ0n) is 9.87. The fourth-order valence-corrected chi connectivity index (χ4v) is 3.09. The Morgan fingerprint density at radius 2 is 1.82 bits per heavy atom. The van der Waals surface area contributed by atoms with Crippen molar-refractivity contribution in [1.82, 2.24) is 5.32 Å². The monoisotopic (exact) mass is 263 g/mol. The van der Waals surface area contributed by atoms with Gasteiger partial charge in [-0.1, -0.05) is 0 Å². The fraction of sp³-hybridized carbons (Fsp3) is 0.455. The first-order chi connectivity index (χ1) is 7.80. The lowest BCUT2D eigenvalue weighted by Crippen LogP contribution is -2.38. The van der Waals surface area contributed by atoms with Gasteiger partial charge in [-0.2, -0.15) is 0 Å². The Morgan fingerprint density at radius 1 is 1.24 bits per heavy atom. The Labute approximate surface area is 99.8 Å². The van der Waals surface area contributed by atoms with Crippen molar-refractivity contribution in [1.29, 1.82) is 0 Å². The molecule has 96 valence electrons. The van der Waals surface area contributed by atoms with Gasteiger partial charge in [0.25, 0.3) is 0 Å². The van der Waals surface area contributed by atoms with Crippen molar-refractivity contribution in [2.75, 3.05) is 7.05 Å². The molecular weight excluding hydrogens is 248 g/mol. The second-order valence-corrected chi connectivity index (χ2v) is 6.18. The molecule has 0 aliphatic carbocycles. The summed E-state index contributed by atoms with van der Waals surface area (Å²) in [6.45, 7) is 3.13. The van der Waals surface area contributed by atoms with E-state index in [1.165, 1.54) is 6.92 Å². The second-order valence-electron chi connectivity index (χ2n) is 3.90. The van der Waals surface area contributed by atoms with Crippen LogP contribution in [0.2, 0.25) is 0 Å². The van der Waals surface area contributed by atoms with Crippen molar-refractivity contribution in [3.8, 4) is 0 Å². The van der Waals surface area contributed by atoms with Crippen LogP contribution in [-0.2, 0) is 9.84 Å². The van der Waals surface area contributed by atoms with Crippen molar-refractivity contribution >= 4 is 9.84 Å². The Balaban J connectivity index is 3.26. The maximum Gasteiger partial charge on any atom is 0.185 e. The third kappa shape index (κ3) is 2.81. The molecule has 1 aromatic rings. The molecule has 0 amide bonds. The average Bonchev–Trinajstić information content (AvgIpc) is 2.30. The molecule has 2 unspecified atom stereocenters. The molecule has 0 aromatic heterocycles. The largest absolute Gasteiger partial charge is 0.316 e. The molecule has 0 spiro atoms. The van der Waals surface area contributed by atoms with Crippen LogP contribution in [0.1, 0.15) is 13.8 Å². The van der Waals surface area contributed by atoms with Crippen LogP contribution in [0.15, 0.2) is 23.1 Å². The van der Waals surface area contributed by atoms with Gasteiger partial charge in [0.15, 0.2) is 9.84 Å². The third-order valence-electron chi connectivity index (χ3n) is 2.85. The van der Waals surface area contributed by atoms with Crippen LogP contribution < -0.4 is 5.32 Å². The molecule has 0 saturated carbocycles. The number of sulfone groups is 1. The van der Waals surface area contributed by atoms with E-state index in [4.69, 9.17) is 0 Å². The zero-order chi connectivity index (χ0) is 13.2. The summed E-state index contributed by atoms with van der Waals surface area (Å²) in [5.41, 5.74) is 0. The minimum atomic E-state index is -3.88. The highest BCUT2D eigenvalue weighted by atomic mass is 32.2. The number of halogens is 2. The van der Waals surface area contributed by atoms with Gasteiger partial charge in [-0.25, -0.2) is 17.2 Å². The highest BCUT2D eigenvalue weighted by Crippen LogP contribution is 2.22. The molecule has 1 rings (SSSR count). The highest BCUT2D eigenvalue weighted by molar-refractivity contribution is 7.92. The van der Waals surface area contributed by atoms with Gasteiger partial charge in [-0.05, 0) is 39.1 Å². The number of rotatable bonds is 4. The van der Waals surface area contributed by atoms with Gasteiger partial charge in [-0.3, -0.25) is 0 Å². The van der Waals surface area contributed by atoms with Crippen LogP contribution >= 0.6 is 0 Å². The lowest BCUT2D eigenvalue weighted by Gasteiger charge is -2.19. The third-order valence-corrected chi connectivity index (χ3v) is 5.16. The number of benzene rings is 1. The standard InChI is InChI=1S/C11H15F2NO2S/c1-7(14-3)8(2)17(15,16)11-6-9(12)4-5-10(11)13/h4-8,14H,1-3H3. The van der Waals surface area contributed by atoms with Gasteiger partial charge < -0.3 is 5.32 Å². The highest BCUT2D eigenvalue weighted by Gasteiger charge is 2.30. The lowest BCUT2D eigenvalue weighted by atomic mass is 10.3. The van der Waals surface area contributed by atoms with E-state index in [1.807, 2.05) is 0 Å². The molecule has 0 heterocycles. The fourth-order valence-electron chi connectivity index (χ4n) is 1.40. The molecule has 0 bridgehead atoms. The molecular formula is C11H15F2NO2S. The summed E-state index contributed by atoms with van der Waals surface area (Å²) in [7, 11) is -2.27. The van der Waals surface area contributed by atoms with Crippen molar-refractivity contribution in [2.24, 2.45) is 0 Å². The molecule has 3 nitrogen and oxygen atoms in total. The molecule has 0 aliphatic rings. The molecule has 0 saturated heterocycles. The summed E-state index contributed by atoms with van der Waals surface area (Å²) in [6, 6.07) is 2.06. The Bertz CT molecular complexity index is 502. The minimum absolute atomic E-state index is 0.359. The summed E-state index contributed by atoms with van der Waals surface area (Å²) in [4.78, 5) is -0.591. The quantitative estimate of drug-likeness (QED) is 0.900. The van der Waals surface area contributed by atoms with Crippen molar-refractivity contribution in [3.05, 3.63) is 29.8 Å². The van der Waals surface area contributed by atoms with Crippen LogP contribution in [0, 0.1) is 11.6 Å². The molecule has 6 heteroatoms. The molecule has 2 atom stereocenters. The maximum atomic E-state index is 13.4. The van der Waals surface area contributed by atoms with Gasteiger partial charge in [0.05, 0.1) is 5.25 Å². The molecule has 17 heavy (non-hydrogen) atoms. The van der Waals surface area contributed by atoms with E-state index in [9.17, 15) is 17.2 Å². The van der Waals surface area contributed by atoms with Crippen LogP contribution in [0.4, 0.5) is 8.78 Å². The normalized spacial score (nSPS) is 15.6. The van der Waals surface area contributed by atoms with E-state index < -0.39 is 31.6 Å². The van der Waals surface area contributed by atoms with Gasteiger partial charge in [0.1, 0.15) is 16.5 Å². The Morgan fingerprint density at radius 3 is 2.35 bits per heavy atom. The van der Waals surface area contributed by atoms with E-state index in [1.54, 1.807) is 14.0 Å². The summed E-state index contributed by atoms with van der Waals surface area (Å²) in [5.74, 6) is -1.70. The lowest BCUT2D eigenvalue weighted by molar-refractivity contribution is 0.523. The summed E-state index contributed by atoms with van der Waals surface area (Å²) >= 11 is 0. The van der Waals surface area contributed by atoms with Crippen molar-refractivity contribution < 1.29 is 17.2 Å². The van der Waals surface area contributed by atoms with Crippen LogP contribution in [0.25, 0.3) is 0 Å². The first-order valence-electron chi connectivity index (χ1n) is 5.17. The van der Waals surface area contributed by atoms with Gasteiger partial charge in [0, 0.05) is 6.04 Å². The van der Waals surface area contributed by atoms with E-state index in [2.05, 4.69) is 5.32 Å². The van der Waals surface area contributed by atoms with Gasteiger partial charge in [-0.15, -0.1) is 0 Å². The maximum absolute atomic E-state index is 13.4. The number of hydrogen-bond acceptors (Lipinski definition) is 3. The molecule has 0 radical (unpaired) electrons. The number of hydrogen-bond donors (Lipinski definition) is 1. The zero-order valence-corrected chi connectivity index (χ0v) is 10.7. The topological polar surface area (TPSA) is 46.2 Å². The first kappa shape index (κ1) is 14.1. The molecule has 0 aliphatic heterocycles. The van der Waals surface area contributed by atoms with Crippen LogP contribution in [0.3, 0.4) is 0 Å². The van der Waals surface area contributed by atoms with E-state index >= 15 is 0 Å². The van der Waals surface area contributed by atoms with Crippen LogP contribution in [-0.4, -0.2) is 26.8 Å². The average molecular weight is 263 g/mol. The second kappa shape index (κ2) is 5.10. The number of nitrogens with one attached hydrogen (secondary N) is 1.